The lowest BCUT2D eigenvalue weighted by molar-refractivity contribution is -0.274. The van der Waals surface area contributed by atoms with Gasteiger partial charge in [0.15, 0.2) is 5.82 Å². The number of urea groups is 1. The Morgan fingerprint density at radius 3 is 2.39 bits per heavy atom. The van der Waals surface area contributed by atoms with Gasteiger partial charge in [-0.05, 0) is 42.0 Å². The van der Waals surface area contributed by atoms with Gasteiger partial charge in [-0.2, -0.15) is 0 Å². The minimum atomic E-state index is -4.73. The SMILES string of the molecule is O=C(Nc1ccon1)N1CCN(Cc2cccc(Oc3ccc(OC(F)(F)F)cc3)c2)CC1. The van der Waals surface area contributed by atoms with Gasteiger partial charge in [0.2, 0.25) is 0 Å². The van der Waals surface area contributed by atoms with Crippen molar-refractivity contribution in [1.29, 1.82) is 0 Å². The van der Waals surface area contributed by atoms with E-state index in [1.165, 1.54) is 30.5 Å². The quantitative estimate of drug-likeness (QED) is 0.571. The number of ether oxygens (including phenoxy) is 2. The van der Waals surface area contributed by atoms with Crippen molar-refractivity contribution >= 4 is 11.8 Å². The Balaban J connectivity index is 1.27. The van der Waals surface area contributed by atoms with Crippen LogP contribution >= 0.6 is 0 Å². The molecule has 1 N–H and O–H groups in total. The molecule has 0 atom stereocenters. The molecule has 11 heteroatoms. The van der Waals surface area contributed by atoms with Crippen LogP contribution in [0.5, 0.6) is 17.2 Å². The molecule has 0 saturated carbocycles. The van der Waals surface area contributed by atoms with E-state index in [1.54, 1.807) is 17.0 Å². The molecule has 2 heterocycles. The summed E-state index contributed by atoms with van der Waals surface area (Å²) in [6.07, 6.45) is -3.34. The number of carbonyl (C=O) groups excluding carboxylic acids is 1. The number of benzene rings is 2. The standard InChI is InChI=1S/C22H21F3N4O4/c23-22(24,25)33-18-6-4-17(5-7-18)32-19-3-1-2-16(14-19)15-28-9-11-29(12-10-28)21(30)26-20-8-13-31-27-20/h1-8,13-14H,9-12,15H2,(H,26,27,30). The van der Waals surface area contributed by atoms with Crippen molar-refractivity contribution < 1.29 is 32.0 Å². The molecular weight excluding hydrogens is 441 g/mol. The van der Waals surface area contributed by atoms with Gasteiger partial charge in [0.05, 0.1) is 0 Å². The maximum Gasteiger partial charge on any atom is 0.573 e. The average Bonchev–Trinajstić information content (AvgIpc) is 3.28. The molecular formula is C22H21F3N4O4. The lowest BCUT2D eigenvalue weighted by Gasteiger charge is -2.34. The summed E-state index contributed by atoms with van der Waals surface area (Å²) in [5.74, 6) is 1.04. The molecule has 174 valence electrons. The Kier molecular flexibility index (Phi) is 6.68. The van der Waals surface area contributed by atoms with Gasteiger partial charge >= 0.3 is 12.4 Å². The lowest BCUT2D eigenvalue weighted by Crippen LogP contribution is -2.49. The molecule has 1 saturated heterocycles. The molecule has 3 aromatic rings. The van der Waals surface area contributed by atoms with Crippen LogP contribution < -0.4 is 14.8 Å². The summed E-state index contributed by atoms with van der Waals surface area (Å²) in [4.78, 5) is 16.2. The van der Waals surface area contributed by atoms with Gasteiger partial charge in [-0.25, -0.2) is 4.79 Å². The molecule has 0 unspecified atom stereocenters. The summed E-state index contributed by atoms with van der Waals surface area (Å²) in [6.45, 7) is 3.24. The minimum Gasteiger partial charge on any atom is -0.457 e. The van der Waals surface area contributed by atoms with Crippen LogP contribution in [-0.4, -0.2) is 53.5 Å². The highest BCUT2D eigenvalue weighted by Gasteiger charge is 2.31. The topological polar surface area (TPSA) is 80.1 Å². The second-order valence-corrected chi connectivity index (χ2v) is 7.35. The van der Waals surface area contributed by atoms with Crippen molar-refractivity contribution in [3.05, 3.63) is 66.4 Å². The van der Waals surface area contributed by atoms with Crippen LogP contribution in [-0.2, 0) is 6.54 Å². The van der Waals surface area contributed by atoms with Crippen LogP contribution in [0, 0.1) is 0 Å². The van der Waals surface area contributed by atoms with E-state index in [-0.39, 0.29) is 11.8 Å². The lowest BCUT2D eigenvalue weighted by atomic mass is 10.2. The fraction of sp³-hybridized carbons (Fsp3) is 0.273. The van der Waals surface area contributed by atoms with Crippen LogP contribution in [0.3, 0.4) is 0 Å². The predicted octanol–water partition coefficient (Wildman–Crippen LogP) is 4.72. The fourth-order valence-corrected chi connectivity index (χ4v) is 3.39. The Labute approximate surface area is 187 Å². The van der Waals surface area contributed by atoms with E-state index in [2.05, 4.69) is 20.1 Å². The zero-order valence-corrected chi connectivity index (χ0v) is 17.4. The number of halogens is 3. The second kappa shape index (κ2) is 9.82. The van der Waals surface area contributed by atoms with Crippen LogP contribution in [0.2, 0.25) is 0 Å². The van der Waals surface area contributed by atoms with Crippen molar-refractivity contribution in [3.8, 4) is 17.2 Å². The first kappa shape index (κ1) is 22.5. The van der Waals surface area contributed by atoms with Crippen molar-refractivity contribution in [1.82, 2.24) is 15.0 Å². The van der Waals surface area contributed by atoms with Crippen LogP contribution in [0.25, 0.3) is 0 Å². The van der Waals surface area contributed by atoms with E-state index in [0.29, 0.717) is 50.0 Å². The van der Waals surface area contributed by atoms with Gasteiger partial charge in [-0.15, -0.1) is 13.2 Å². The number of alkyl halides is 3. The number of aromatic nitrogens is 1. The smallest absolute Gasteiger partial charge is 0.457 e. The highest BCUT2D eigenvalue weighted by molar-refractivity contribution is 5.88. The molecule has 1 aromatic heterocycles. The summed E-state index contributed by atoms with van der Waals surface area (Å²) in [5, 5.41) is 6.36. The van der Waals surface area contributed by atoms with E-state index in [0.717, 1.165) is 5.56 Å². The Hall–Kier alpha value is -3.73. The predicted molar refractivity (Wildman–Crippen MR) is 112 cm³/mol. The summed E-state index contributed by atoms with van der Waals surface area (Å²) < 4.78 is 51.2. The molecule has 1 aliphatic rings. The Morgan fingerprint density at radius 1 is 1.00 bits per heavy atom. The van der Waals surface area contributed by atoms with E-state index < -0.39 is 6.36 Å². The number of rotatable bonds is 6. The van der Waals surface area contributed by atoms with Crippen LogP contribution in [0.1, 0.15) is 5.56 Å². The monoisotopic (exact) mass is 462 g/mol. The second-order valence-electron chi connectivity index (χ2n) is 7.35. The van der Waals surface area contributed by atoms with E-state index in [4.69, 9.17) is 9.26 Å². The van der Waals surface area contributed by atoms with Crippen molar-refractivity contribution in [2.24, 2.45) is 0 Å². The highest BCUT2D eigenvalue weighted by Crippen LogP contribution is 2.28. The zero-order valence-electron chi connectivity index (χ0n) is 17.4. The van der Waals surface area contributed by atoms with Crippen molar-refractivity contribution in [2.45, 2.75) is 12.9 Å². The first-order valence-electron chi connectivity index (χ1n) is 10.2. The molecule has 4 rings (SSSR count). The van der Waals surface area contributed by atoms with Gasteiger partial charge in [0.1, 0.15) is 23.5 Å². The van der Waals surface area contributed by atoms with Crippen LogP contribution in [0.4, 0.5) is 23.8 Å². The van der Waals surface area contributed by atoms with Crippen molar-refractivity contribution in [3.63, 3.8) is 0 Å². The van der Waals surface area contributed by atoms with Gasteiger partial charge in [0.25, 0.3) is 0 Å². The number of carbonyl (C=O) groups is 1. The van der Waals surface area contributed by atoms with E-state index in [1.807, 2.05) is 18.2 Å². The van der Waals surface area contributed by atoms with Gasteiger partial charge in [0, 0.05) is 38.8 Å². The Morgan fingerprint density at radius 2 is 1.73 bits per heavy atom. The summed E-state index contributed by atoms with van der Waals surface area (Å²) in [7, 11) is 0. The fourth-order valence-electron chi connectivity index (χ4n) is 3.39. The van der Waals surface area contributed by atoms with Gasteiger partial charge in [-0.1, -0.05) is 17.3 Å². The summed E-state index contributed by atoms with van der Waals surface area (Å²) >= 11 is 0. The maximum atomic E-state index is 12.3. The maximum absolute atomic E-state index is 12.3. The first-order chi connectivity index (χ1) is 15.8. The van der Waals surface area contributed by atoms with Crippen molar-refractivity contribution in [2.75, 3.05) is 31.5 Å². The van der Waals surface area contributed by atoms with E-state index >= 15 is 0 Å². The molecule has 33 heavy (non-hydrogen) atoms. The van der Waals surface area contributed by atoms with E-state index in [9.17, 15) is 18.0 Å². The van der Waals surface area contributed by atoms with Gasteiger partial charge < -0.3 is 18.9 Å². The number of hydrogen-bond acceptors (Lipinski definition) is 6. The highest BCUT2D eigenvalue weighted by atomic mass is 19.4. The largest absolute Gasteiger partial charge is 0.573 e. The third-order valence-corrected chi connectivity index (χ3v) is 4.93. The molecule has 8 nitrogen and oxygen atoms in total. The van der Waals surface area contributed by atoms with Gasteiger partial charge in [-0.3, -0.25) is 10.2 Å². The number of nitrogens with zero attached hydrogens (tertiary/aromatic N) is 3. The normalized spacial score (nSPS) is 14.7. The number of nitrogens with one attached hydrogen (secondary N) is 1. The molecule has 2 aromatic carbocycles. The molecule has 1 aliphatic heterocycles. The molecule has 0 aliphatic carbocycles. The minimum absolute atomic E-state index is 0.217. The first-order valence-corrected chi connectivity index (χ1v) is 10.2. The van der Waals surface area contributed by atoms with Crippen LogP contribution in [0.15, 0.2) is 65.4 Å². The zero-order chi connectivity index (χ0) is 23.3. The average molecular weight is 462 g/mol. The summed E-state index contributed by atoms with van der Waals surface area (Å²) in [6, 6.07) is 14.1. The third kappa shape index (κ3) is 6.62. The molecule has 0 spiro atoms. The third-order valence-electron chi connectivity index (χ3n) is 4.93. The molecule has 0 bridgehead atoms. The number of hydrogen-bond donors (Lipinski definition) is 1. The Bertz CT molecular complexity index is 1050. The number of anilines is 1. The number of amides is 2. The number of piperazine rings is 1. The summed E-state index contributed by atoms with van der Waals surface area (Å²) in [5.41, 5.74) is 1.02. The molecule has 0 radical (unpaired) electrons. The molecule has 1 fully saturated rings. The molecule has 2 amide bonds.